The zero-order valence-corrected chi connectivity index (χ0v) is 7.81. The second-order valence-electron chi connectivity index (χ2n) is 3.41. The molecule has 0 aliphatic carbocycles. The number of nitrogens with zero attached hydrogens (tertiary/aromatic N) is 3. The Bertz CT molecular complexity index is 610. The molecule has 14 heavy (non-hydrogen) atoms. The van der Waals surface area contributed by atoms with Gasteiger partial charge < -0.3 is 0 Å². The van der Waals surface area contributed by atoms with Crippen molar-refractivity contribution in [2.45, 2.75) is 6.92 Å². The van der Waals surface area contributed by atoms with Crippen molar-refractivity contribution in [3.05, 3.63) is 42.4 Å². The first-order valence-corrected chi connectivity index (χ1v) is 4.53. The lowest BCUT2D eigenvalue weighted by Crippen LogP contribution is -1.89. The highest BCUT2D eigenvalue weighted by atomic mass is 15.0. The molecule has 3 heteroatoms. The van der Waals surface area contributed by atoms with Gasteiger partial charge >= 0.3 is 0 Å². The summed E-state index contributed by atoms with van der Waals surface area (Å²) in [5.41, 5.74) is 4.23. The SMILES string of the molecule is Cc1ccc2c(c1)ncc1nccn12. The molecular weight excluding hydrogens is 174 g/mol. The van der Waals surface area contributed by atoms with Gasteiger partial charge in [-0.25, -0.2) is 4.98 Å². The van der Waals surface area contributed by atoms with Gasteiger partial charge in [-0.3, -0.25) is 9.38 Å². The van der Waals surface area contributed by atoms with E-state index >= 15 is 0 Å². The second-order valence-corrected chi connectivity index (χ2v) is 3.41. The van der Waals surface area contributed by atoms with Crippen LogP contribution in [0.1, 0.15) is 5.56 Å². The molecule has 0 radical (unpaired) electrons. The maximum atomic E-state index is 4.36. The van der Waals surface area contributed by atoms with E-state index in [4.69, 9.17) is 0 Å². The molecule has 0 saturated heterocycles. The number of aryl methyl sites for hydroxylation is 1. The molecule has 0 amide bonds. The Labute approximate surface area is 81.0 Å². The first-order valence-electron chi connectivity index (χ1n) is 4.53. The monoisotopic (exact) mass is 183 g/mol. The van der Waals surface area contributed by atoms with Gasteiger partial charge in [-0.1, -0.05) is 6.07 Å². The molecule has 0 bridgehead atoms. The molecule has 2 heterocycles. The summed E-state index contributed by atoms with van der Waals surface area (Å²) in [6.07, 6.45) is 5.53. The number of hydrogen-bond donors (Lipinski definition) is 0. The lowest BCUT2D eigenvalue weighted by Gasteiger charge is -2.01. The molecular formula is C11H9N3. The van der Waals surface area contributed by atoms with Crippen LogP contribution < -0.4 is 0 Å². The van der Waals surface area contributed by atoms with E-state index in [1.165, 1.54) is 5.56 Å². The third kappa shape index (κ3) is 0.923. The third-order valence-corrected chi connectivity index (χ3v) is 2.38. The number of rotatable bonds is 0. The van der Waals surface area contributed by atoms with Crippen molar-refractivity contribution in [1.29, 1.82) is 0 Å². The molecule has 2 aromatic heterocycles. The smallest absolute Gasteiger partial charge is 0.155 e. The van der Waals surface area contributed by atoms with Gasteiger partial charge in [0.1, 0.15) is 0 Å². The van der Waals surface area contributed by atoms with Gasteiger partial charge in [0.2, 0.25) is 0 Å². The second kappa shape index (κ2) is 2.54. The van der Waals surface area contributed by atoms with Crippen LogP contribution in [0.3, 0.4) is 0 Å². The summed E-state index contributed by atoms with van der Waals surface area (Å²) in [5, 5.41) is 0. The van der Waals surface area contributed by atoms with Gasteiger partial charge in [0.05, 0.1) is 17.2 Å². The fourth-order valence-electron chi connectivity index (χ4n) is 1.68. The Morgan fingerprint density at radius 3 is 3.07 bits per heavy atom. The van der Waals surface area contributed by atoms with Crippen LogP contribution in [0.4, 0.5) is 0 Å². The molecule has 0 spiro atoms. The van der Waals surface area contributed by atoms with Crippen molar-refractivity contribution in [1.82, 2.24) is 14.4 Å². The molecule has 0 aliphatic heterocycles. The van der Waals surface area contributed by atoms with Gasteiger partial charge in [0.15, 0.2) is 5.65 Å². The predicted octanol–water partition coefficient (Wildman–Crippen LogP) is 2.19. The quantitative estimate of drug-likeness (QED) is 0.534. The average Bonchev–Trinajstić information content (AvgIpc) is 2.65. The highest BCUT2D eigenvalue weighted by Crippen LogP contribution is 2.14. The van der Waals surface area contributed by atoms with Gasteiger partial charge in [-0.15, -0.1) is 0 Å². The summed E-state index contributed by atoms with van der Waals surface area (Å²) < 4.78 is 2.04. The van der Waals surface area contributed by atoms with Crippen LogP contribution >= 0.6 is 0 Å². The third-order valence-electron chi connectivity index (χ3n) is 2.38. The van der Waals surface area contributed by atoms with Crippen LogP contribution in [0.25, 0.3) is 16.7 Å². The topological polar surface area (TPSA) is 30.2 Å². The number of aromatic nitrogens is 3. The number of benzene rings is 1. The van der Waals surface area contributed by atoms with E-state index in [0.717, 1.165) is 16.7 Å². The van der Waals surface area contributed by atoms with E-state index in [1.807, 2.05) is 10.6 Å². The normalized spacial score (nSPS) is 11.2. The molecule has 0 fully saturated rings. The van der Waals surface area contributed by atoms with Crippen molar-refractivity contribution in [2.24, 2.45) is 0 Å². The Balaban J connectivity index is 2.57. The van der Waals surface area contributed by atoms with Crippen LogP contribution in [-0.4, -0.2) is 14.4 Å². The van der Waals surface area contributed by atoms with Gasteiger partial charge in [-0.05, 0) is 24.6 Å². The standard InChI is InChI=1S/C11H9N3/c1-8-2-3-10-9(6-8)13-7-11-12-4-5-14(10)11/h2-7H,1H3. The number of imidazole rings is 1. The predicted molar refractivity (Wildman–Crippen MR) is 55.2 cm³/mol. The molecule has 0 saturated carbocycles. The molecule has 0 atom stereocenters. The summed E-state index contributed by atoms with van der Waals surface area (Å²) in [5.74, 6) is 0. The van der Waals surface area contributed by atoms with Crippen LogP contribution in [-0.2, 0) is 0 Å². The highest BCUT2D eigenvalue weighted by Gasteiger charge is 2.00. The lowest BCUT2D eigenvalue weighted by atomic mass is 10.2. The molecule has 0 unspecified atom stereocenters. The molecule has 1 aromatic carbocycles. The van der Waals surface area contributed by atoms with E-state index in [9.17, 15) is 0 Å². The first kappa shape index (κ1) is 7.50. The molecule has 3 rings (SSSR count). The highest BCUT2D eigenvalue weighted by molar-refractivity contribution is 5.77. The Morgan fingerprint density at radius 1 is 1.21 bits per heavy atom. The van der Waals surface area contributed by atoms with Crippen LogP contribution in [0.15, 0.2) is 36.8 Å². The zero-order valence-electron chi connectivity index (χ0n) is 7.81. The van der Waals surface area contributed by atoms with Crippen LogP contribution in [0.2, 0.25) is 0 Å². The van der Waals surface area contributed by atoms with Crippen LogP contribution in [0.5, 0.6) is 0 Å². The van der Waals surface area contributed by atoms with Crippen molar-refractivity contribution < 1.29 is 0 Å². The van der Waals surface area contributed by atoms with E-state index in [1.54, 1.807) is 12.4 Å². The summed E-state index contributed by atoms with van der Waals surface area (Å²) >= 11 is 0. The molecule has 3 aromatic rings. The van der Waals surface area contributed by atoms with E-state index in [-0.39, 0.29) is 0 Å². The van der Waals surface area contributed by atoms with Gasteiger partial charge in [0.25, 0.3) is 0 Å². The first-order chi connectivity index (χ1) is 6.84. The van der Waals surface area contributed by atoms with E-state index in [0.29, 0.717) is 0 Å². The maximum absolute atomic E-state index is 4.36. The van der Waals surface area contributed by atoms with Crippen molar-refractivity contribution in [2.75, 3.05) is 0 Å². The minimum Gasteiger partial charge on any atom is -0.297 e. The summed E-state index contributed by atoms with van der Waals surface area (Å²) in [4.78, 5) is 8.55. The summed E-state index contributed by atoms with van der Waals surface area (Å²) in [7, 11) is 0. The van der Waals surface area contributed by atoms with Crippen molar-refractivity contribution in [3.8, 4) is 0 Å². The Morgan fingerprint density at radius 2 is 2.14 bits per heavy atom. The van der Waals surface area contributed by atoms with E-state index in [2.05, 4.69) is 35.1 Å². The zero-order chi connectivity index (χ0) is 9.54. The minimum atomic E-state index is 0.890. The van der Waals surface area contributed by atoms with E-state index < -0.39 is 0 Å². The minimum absolute atomic E-state index is 0.890. The average molecular weight is 183 g/mol. The summed E-state index contributed by atoms with van der Waals surface area (Å²) in [6.45, 7) is 2.07. The number of hydrogen-bond acceptors (Lipinski definition) is 2. The largest absolute Gasteiger partial charge is 0.297 e. The summed E-state index contributed by atoms with van der Waals surface area (Å²) in [6, 6.07) is 6.24. The van der Waals surface area contributed by atoms with Crippen molar-refractivity contribution >= 4 is 16.7 Å². The molecule has 3 nitrogen and oxygen atoms in total. The fourth-order valence-corrected chi connectivity index (χ4v) is 1.68. The Kier molecular flexibility index (Phi) is 1.36. The van der Waals surface area contributed by atoms with Gasteiger partial charge in [0, 0.05) is 12.4 Å². The van der Waals surface area contributed by atoms with Gasteiger partial charge in [-0.2, -0.15) is 0 Å². The Hall–Kier alpha value is -1.90. The fraction of sp³-hybridized carbons (Fsp3) is 0.0909. The van der Waals surface area contributed by atoms with Crippen LogP contribution in [0, 0.1) is 6.92 Å². The molecule has 68 valence electrons. The number of fused-ring (bicyclic) bond motifs is 3. The molecule has 0 N–H and O–H groups in total. The van der Waals surface area contributed by atoms with Crippen molar-refractivity contribution in [3.63, 3.8) is 0 Å². The maximum Gasteiger partial charge on any atom is 0.155 e. The lowest BCUT2D eigenvalue weighted by molar-refractivity contribution is 1.20. The molecule has 0 aliphatic rings.